The van der Waals surface area contributed by atoms with Gasteiger partial charge in [0.15, 0.2) is 0 Å². The molecule has 0 aliphatic carbocycles. The van der Waals surface area contributed by atoms with Crippen LogP contribution in [-0.4, -0.2) is 32.1 Å². The van der Waals surface area contributed by atoms with Crippen LogP contribution in [0.2, 0.25) is 0 Å². The smallest absolute Gasteiger partial charge is 0.228 e. The number of piperidine rings is 1. The number of nitrogens with one attached hydrogen (secondary N) is 2. The van der Waals surface area contributed by atoms with E-state index in [-0.39, 0.29) is 11.8 Å². The molecule has 0 saturated carbocycles. The molecule has 0 aromatic heterocycles. The summed E-state index contributed by atoms with van der Waals surface area (Å²) in [5.41, 5.74) is 2.17. The second kappa shape index (κ2) is 6.48. The van der Waals surface area contributed by atoms with Crippen LogP contribution in [0.5, 0.6) is 0 Å². The molecular formula is C17H25N3O. The van der Waals surface area contributed by atoms with Gasteiger partial charge < -0.3 is 15.5 Å². The van der Waals surface area contributed by atoms with Crippen LogP contribution in [0.1, 0.15) is 26.2 Å². The Balaban J connectivity index is 1.57. The molecule has 21 heavy (non-hydrogen) atoms. The molecule has 0 spiro atoms. The first-order chi connectivity index (χ1) is 10.2. The molecule has 1 aromatic carbocycles. The van der Waals surface area contributed by atoms with Gasteiger partial charge in [-0.05, 0) is 56.0 Å². The van der Waals surface area contributed by atoms with E-state index in [2.05, 4.69) is 34.6 Å². The van der Waals surface area contributed by atoms with E-state index in [4.69, 9.17) is 0 Å². The Morgan fingerprint density at radius 2 is 1.90 bits per heavy atom. The number of carbonyl (C=O) groups excluding carboxylic acids is 1. The summed E-state index contributed by atoms with van der Waals surface area (Å²) in [7, 11) is 0. The molecule has 2 heterocycles. The van der Waals surface area contributed by atoms with Crippen LogP contribution in [0.15, 0.2) is 24.3 Å². The SMILES string of the molecule is CC1CCN(c2ccc(NC(=O)C3CCNC3)cc2)CC1. The Kier molecular flexibility index (Phi) is 4.44. The monoisotopic (exact) mass is 287 g/mol. The second-order valence-corrected chi connectivity index (χ2v) is 6.40. The number of amides is 1. The van der Waals surface area contributed by atoms with Crippen molar-refractivity contribution in [3.63, 3.8) is 0 Å². The van der Waals surface area contributed by atoms with Crippen LogP contribution in [0.4, 0.5) is 11.4 Å². The van der Waals surface area contributed by atoms with E-state index in [1.54, 1.807) is 0 Å². The first kappa shape index (κ1) is 14.4. The molecule has 2 aliphatic heterocycles. The van der Waals surface area contributed by atoms with E-state index in [0.29, 0.717) is 0 Å². The Labute approximate surface area is 126 Å². The molecule has 4 nitrogen and oxygen atoms in total. The Hall–Kier alpha value is -1.55. The summed E-state index contributed by atoms with van der Waals surface area (Å²) in [6.45, 7) is 6.36. The maximum Gasteiger partial charge on any atom is 0.228 e. The number of anilines is 2. The van der Waals surface area contributed by atoms with Crippen molar-refractivity contribution in [3.05, 3.63) is 24.3 Å². The van der Waals surface area contributed by atoms with Crippen molar-refractivity contribution >= 4 is 17.3 Å². The molecule has 2 N–H and O–H groups in total. The van der Waals surface area contributed by atoms with Crippen LogP contribution in [-0.2, 0) is 4.79 Å². The lowest BCUT2D eigenvalue weighted by Crippen LogP contribution is -2.32. The molecular weight excluding hydrogens is 262 g/mol. The van der Waals surface area contributed by atoms with E-state index in [1.165, 1.54) is 18.5 Å². The third kappa shape index (κ3) is 3.56. The molecule has 1 aromatic rings. The maximum absolute atomic E-state index is 12.1. The van der Waals surface area contributed by atoms with Crippen LogP contribution < -0.4 is 15.5 Å². The van der Waals surface area contributed by atoms with Gasteiger partial charge in [0.2, 0.25) is 5.91 Å². The van der Waals surface area contributed by atoms with Gasteiger partial charge in [-0.15, -0.1) is 0 Å². The molecule has 1 atom stereocenters. The van der Waals surface area contributed by atoms with Crippen LogP contribution in [0.3, 0.4) is 0 Å². The fourth-order valence-electron chi connectivity index (χ4n) is 3.15. The van der Waals surface area contributed by atoms with E-state index in [1.807, 2.05) is 12.1 Å². The zero-order valence-corrected chi connectivity index (χ0v) is 12.8. The lowest BCUT2D eigenvalue weighted by Gasteiger charge is -2.32. The minimum Gasteiger partial charge on any atom is -0.372 e. The van der Waals surface area contributed by atoms with Gasteiger partial charge >= 0.3 is 0 Å². The third-order valence-electron chi connectivity index (χ3n) is 4.71. The lowest BCUT2D eigenvalue weighted by atomic mass is 9.99. The van der Waals surface area contributed by atoms with E-state index < -0.39 is 0 Å². The number of hydrogen-bond acceptors (Lipinski definition) is 3. The molecule has 1 amide bonds. The Morgan fingerprint density at radius 3 is 2.52 bits per heavy atom. The Morgan fingerprint density at radius 1 is 1.19 bits per heavy atom. The van der Waals surface area contributed by atoms with Gasteiger partial charge in [0.1, 0.15) is 0 Å². The van der Waals surface area contributed by atoms with Gasteiger partial charge in [0.05, 0.1) is 5.92 Å². The van der Waals surface area contributed by atoms with Crippen LogP contribution in [0, 0.1) is 11.8 Å². The molecule has 4 heteroatoms. The van der Waals surface area contributed by atoms with Crippen molar-refractivity contribution in [2.75, 3.05) is 36.4 Å². The van der Waals surface area contributed by atoms with Crippen LogP contribution in [0.25, 0.3) is 0 Å². The summed E-state index contributed by atoms with van der Waals surface area (Å²) >= 11 is 0. The van der Waals surface area contributed by atoms with Crippen LogP contribution >= 0.6 is 0 Å². The van der Waals surface area contributed by atoms with Crippen molar-refractivity contribution in [3.8, 4) is 0 Å². The first-order valence-corrected chi connectivity index (χ1v) is 8.09. The maximum atomic E-state index is 12.1. The average molecular weight is 287 g/mol. The van der Waals surface area contributed by atoms with Crippen molar-refractivity contribution in [2.45, 2.75) is 26.2 Å². The van der Waals surface area contributed by atoms with E-state index in [0.717, 1.165) is 44.2 Å². The van der Waals surface area contributed by atoms with Crippen molar-refractivity contribution in [1.29, 1.82) is 0 Å². The first-order valence-electron chi connectivity index (χ1n) is 8.09. The second-order valence-electron chi connectivity index (χ2n) is 6.40. The predicted octanol–water partition coefficient (Wildman–Crippen LogP) is 2.47. The number of benzene rings is 1. The summed E-state index contributed by atoms with van der Waals surface area (Å²) in [6, 6.07) is 8.29. The van der Waals surface area contributed by atoms with Gasteiger partial charge in [0, 0.05) is 31.0 Å². The number of rotatable bonds is 3. The zero-order valence-electron chi connectivity index (χ0n) is 12.8. The van der Waals surface area contributed by atoms with Gasteiger partial charge in [-0.2, -0.15) is 0 Å². The highest BCUT2D eigenvalue weighted by atomic mass is 16.1. The van der Waals surface area contributed by atoms with E-state index >= 15 is 0 Å². The van der Waals surface area contributed by atoms with Crippen molar-refractivity contribution in [2.24, 2.45) is 11.8 Å². The quantitative estimate of drug-likeness (QED) is 0.897. The molecule has 0 radical (unpaired) electrons. The van der Waals surface area contributed by atoms with Gasteiger partial charge in [-0.1, -0.05) is 6.92 Å². The minimum atomic E-state index is 0.119. The lowest BCUT2D eigenvalue weighted by molar-refractivity contribution is -0.119. The summed E-state index contributed by atoms with van der Waals surface area (Å²) < 4.78 is 0. The fourth-order valence-corrected chi connectivity index (χ4v) is 3.15. The van der Waals surface area contributed by atoms with Gasteiger partial charge in [0.25, 0.3) is 0 Å². The highest BCUT2D eigenvalue weighted by Crippen LogP contribution is 2.24. The Bertz CT molecular complexity index is 471. The number of hydrogen-bond donors (Lipinski definition) is 2. The van der Waals surface area contributed by atoms with E-state index in [9.17, 15) is 4.79 Å². The van der Waals surface area contributed by atoms with Crippen molar-refractivity contribution < 1.29 is 4.79 Å². The average Bonchev–Trinajstić information content (AvgIpc) is 3.03. The highest BCUT2D eigenvalue weighted by molar-refractivity contribution is 5.93. The molecule has 2 fully saturated rings. The predicted molar refractivity (Wildman–Crippen MR) is 86.7 cm³/mol. The number of nitrogens with zero attached hydrogens (tertiary/aromatic N) is 1. The normalized spacial score (nSPS) is 23.3. The molecule has 2 aliphatic rings. The standard InChI is InChI=1S/C17H25N3O/c1-13-7-10-20(11-8-13)16-4-2-15(3-5-16)19-17(21)14-6-9-18-12-14/h2-5,13-14,18H,6-12H2,1H3,(H,19,21). The third-order valence-corrected chi connectivity index (χ3v) is 4.71. The fraction of sp³-hybridized carbons (Fsp3) is 0.588. The summed E-state index contributed by atoms with van der Waals surface area (Å²) in [6.07, 6.45) is 3.48. The highest BCUT2D eigenvalue weighted by Gasteiger charge is 2.22. The minimum absolute atomic E-state index is 0.119. The van der Waals surface area contributed by atoms with Gasteiger partial charge in [-0.3, -0.25) is 4.79 Å². The molecule has 0 bridgehead atoms. The molecule has 2 saturated heterocycles. The molecule has 3 rings (SSSR count). The van der Waals surface area contributed by atoms with Gasteiger partial charge in [-0.25, -0.2) is 0 Å². The zero-order chi connectivity index (χ0) is 14.7. The summed E-state index contributed by atoms with van der Waals surface area (Å²) in [5.74, 6) is 1.10. The largest absolute Gasteiger partial charge is 0.372 e. The molecule has 1 unspecified atom stereocenters. The summed E-state index contributed by atoms with van der Waals surface area (Å²) in [5, 5.41) is 6.25. The number of carbonyl (C=O) groups is 1. The van der Waals surface area contributed by atoms with Crippen molar-refractivity contribution in [1.82, 2.24) is 5.32 Å². The summed E-state index contributed by atoms with van der Waals surface area (Å²) in [4.78, 5) is 14.5. The molecule has 114 valence electrons. The topological polar surface area (TPSA) is 44.4 Å².